The summed E-state index contributed by atoms with van der Waals surface area (Å²) in [4.78, 5) is 26.9. The first-order chi connectivity index (χ1) is 8.69. The molecular weight excluding hydrogens is 256 g/mol. The molecule has 0 radical (unpaired) electrons. The van der Waals surface area contributed by atoms with Gasteiger partial charge in [-0.3, -0.25) is 14.9 Å². The van der Waals surface area contributed by atoms with Crippen LogP contribution in [0.4, 0.5) is 5.13 Å². The molecule has 1 aromatic rings. The number of ether oxygens (including phenoxy) is 2. The van der Waals surface area contributed by atoms with Crippen molar-refractivity contribution in [1.29, 1.82) is 0 Å². The Bertz CT molecular complexity index is 440. The minimum atomic E-state index is -0.377. The smallest absolute Gasteiger partial charge is 0.311 e. The molecule has 1 aromatic heterocycles. The largest absolute Gasteiger partial charge is 0.469 e. The van der Waals surface area contributed by atoms with E-state index >= 15 is 0 Å². The average molecular weight is 270 g/mol. The first-order valence-corrected chi connectivity index (χ1v) is 6.50. The van der Waals surface area contributed by atoms with Gasteiger partial charge in [0.15, 0.2) is 5.13 Å². The highest BCUT2D eigenvalue weighted by atomic mass is 32.1. The van der Waals surface area contributed by atoms with Crippen molar-refractivity contribution in [2.75, 3.05) is 19.0 Å². The fourth-order valence-corrected chi connectivity index (χ4v) is 2.35. The third kappa shape index (κ3) is 3.27. The lowest BCUT2D eigenvalue weighted by Gasteiger charge is -2.07. The van der Waals surface area contributed by atoms with Gasteiger partial charge < -0.3 is 9.47 Å². The third-order valence-corrected chi connectivity index (χ3v) is 3.36. The summed E-state index contributed by atoms with van der Waals surface area (Å²) in [5, 5.41) is 4.89. The lowest BCUT2D eigenvalue weighted by molar-refractivity contribution is -0.139. The summed E-state index contributed by atoms with van der Waals surface area (Å²) in [6.07, 6.45) is 1.39. The van der Waals surface area contributed by atoms with Crippen molar-refractivity contribution < 1.29 is 19.1 Å². The Morgan fingerprint density at radius 1 is 1.67 bits per heavy atom. The fourth-order valence-electron chi connectivity index (χ4n) is 1.64. The Hall–Kier alpha value is -1.47. The third-order valence-electron chi connectivity index (χ3n) is 2.56. The number of hydrogen-bond acceptors (Lipinski definition) is 6. The highest BCUT2D eigenvalue weighted by Gasteiger charge is 2.24. The van der Waals surface area contributed by atoms with Crippen molar-refractivity contribution in [2.24, 2.45) is 0 Å². The quantitative estimate of drug-likeness (QED) is 0.825. The van der Waals surface area contributed by atoms with Crippen LogP contribution in [0.5, 0.6) is 0 Å². The van der Waals surface area contributed by atoms with Gasteiger partial charge in [-0.15, -0.1) is 11.3 Å². The molecule has 6 nitrogen and oxygen atoms in total. The number of amides is 1. The van der Waals surface area contributed by atoms with Crippen molar-refractivity contribution in [3.63, 3.8) is 0 Å². The van der Waals surface area contributed by atoms with Crippen LogP contribution in [0.2, 0.25) is 0 Å². The molecule has 2 heterocycles. The molecule has 0 unspecified atom stereocenters. The van der Waals surface area contributed by atoms with Crippen molar-refractivity contribution >= 4 is 28.3 Å². The molecule has 2 rings (SSSR count). The maximum Gasteiger partial charge on any atom is 0.311 e. The van der Waals surface area contributed by atoms with E-state index in [4.69, 9.17) is 4.74 Å². The number of anilines is 1. The highest BCUT2D eigenvalue weighted by molar-refractivity contribution is 7.13. The van der Waals surface area contributed by atoms with Crippen LogP contribution in [-0.4, -0.2) is 36.7 Å². The predicted molar refractivity (Wildman–Crippen MR) is 65.4 cm³/mol. The normalized spacial score (nSPS) is 18.6. The lowest BCUT2D eigenvalue weighted by Crippen LogP contribution is -2.26. The first-order valence-electron chi connectivity index (χ1n) is 5.62. The van der Waals surface area contributed by atoms with Crippen LogP contribution in [0.3, 0.4) is 0 Å². The predicted octanol–water partition coefficient (Wildman–Crippen LogP) is 0.976. The summed E-state index contributed by atoms with van der Waals surface area (Å²) < 4.78 is 9.81. The van der Waals surface area contributed by atoms with Crippen LogP contribution in [-0.2, 0) is 25.5 Å². The van der Waals surface area contributed by atoms with Gasteiger partial charge in [0.05, 0.1) is 19.2 Å². The zero-order valence-electron chi connectivity index (χ0n) is 9.97. The van der Waals surface area contributed by atoms with Crippen LogP contribution in [0.1, 0.15) is 18.5 Å². The second-order valence-corrected chi connectivity index (χ2v) is 4.75. The van der Waals surface area contributed by atoms with Gasteiger partial charge in [-0.2, -0.15) is 0 Å². The van der Waals surface area contributed by atoms with Gasteiger partial charge in [0.2, 0.25) is 0 Å². The molecule has 0 aromatic carbocycles. The zero-order valence-corrected chi connectivity index (χ0v) is 10.8. The number of aromatic nitrogens is 1. The number of carbonyl (C=O) groups excluding carboxylic acids is 2. The molecule has 0 spiro atoms. The lowest BCUT2D eigenvalue weighted by atomic mass is 10.2. The Kier molecular flexibility index (Phi) is 4.27. The molecule has 1 atom stereocenters. The first kappa shape index (κ1) is 13.0. The molecular formula is C11H14N2O4S. The highest BCUT2D eigenvalue weighted by Crippen LogP contribution is 2.19. The van der Waals surface area contributed by atoms with Gasteiger partial charge in [-0.25, -0.2) is 4.98 Å². The number of rotatable bonds is 4. The van der Waals surface area contributed by atoms with E-state index < -0.39 is 0 Å². The van der Waals surface area contributed by atoms with E-state index in [2.05, 4.69) is 15.0 Å². The molecule has 1 saturated heterocycles. The Balaban J connectivity index is 1.89. The Morgan fingerprint density at radius 2 is 2.50 bits per heavy atom. The molecule has 1 aliphatic heterocycles. The van der Waals surface area contributed by atoms with E-state index in [-0.39, 0.29) is 24.4 Å². The number of nitrogens with one attached hydrogen (secondary N) is 1. The monoisotopic (exact) mass is 270 g/mol. The van der Waals surface area contributed by atoms with E-state index in [0.717, 1.165) is 12.8 Å². The zero-order chi connectivity index (χ0) is 13.0. The summed E-state index contributed by atoms with van der Waals surface area (Å²) in [6, 6.07) is 0. The topological polar surface area (TPSA) is 77.5 Å². The molecule has 1 fully saturated rings. The number of esters is 1. The molecule has 0 aliphatic carbocycles. The summed E-state index contributed by atoms with van der Waals surface area (Å²) in [6.45, 7) is 0.629. The molecule has 0 saturated carbocycles. The van der Waals surface area contributed by atoms with Crippen LogP contribution >= 0.6 is 11.3 Å². The average Bonchev–Trinajstić information content (AvgIpc) is 3.00. The molecule has 1 amide bonds. The van der Waals surface area contributed by atoms with Gasteiger partial charge in [0.1, 0.15) is 6.10 Å². The van der Waals surface area contributed by atoms with E-state index in [9.17, 15) is 9.59 Å². The van der Waals surface area contributed by atoms with Gasteiger partial charge in [0, 0.05) is 12.0 Å². The van der Waals surface area contributed by atoms with Crippen molar-refractivity contribution in [1.82, 2.24) is 4.98 Å². The molecule has 7 heteroatoms. The van der Waals surface area contributed by atoms with Crippen LogP contribution in [0.15, 0.2) is 5.38 Å². The van der Waals surface area contributed by atoms with E-state index in [0.29, 0.717) is 17.4 Å². The molecule has 0 bridgehead atoms. The Morgan fingerprint density at radius 3 is 3.17 bits per heavy atom. The fraction of sp³-hybridized carbons (Fsp3) is 0.545. The van der Waals surface area contributed by atoms with Crippen molar-refractivity contribution in [3.8, 4) is 0 Å². The molecule has 1 N–H and O–H groups in total. The molecule has 98 valence electrons. The van der Waals surface area contributed by atoms with E-state index in [1.54, 1.807) is 5.38 Å². The number of carbonyl (C=O) groups is 2. The SMILES string of the molecule is COC(=O)Cc1csc(NC(=O)[C@@H]2CCCO2)n1. The number of methoxy groups -OCH3 is 1. The van der Waals surface area contributed by atoms with Gasteiger partial charge in [-0.1, -0.05) is 0 Å². The summed E-state index contributed by atoms with van der Waals surface area (Å²) in [5.74, 6) is -0.524. The van der Waals surface area contributed by atoms with E-state index in [1.165, 1.54) is 18.4 Å². The minimum absolute atomic E-state index is 0.114. The van der Waals surface area contributed by atoms with Gasteiger partial charge in [-0.05, 0) is 12.8 Å². The minimum Gasteiger partial charge on any atom is -0.469 e. The van der Waals surface area contributed by atoms with Crippen molar-refractivity contribution in [3.05, 3.63) is 11.1 Å². The summed E-state index contributed by atoms with van der Waals surface area (Å²) in [7, 11) is 1.33. The van der Waals surface area contributed by atoms with Crippen LogP contribution in [0, 0.1) is 0 Å². The molecule has 18 heavy (non-hydrogen) atoms. The number of nitrogens with zero attached hydrogens (tertiary/aromatic N) is 1. The summed E-state index contributed by atoms with van der Waals surface area (Å²) in [5.41, 5.74) is 0.592. The summed E-state index contributed by atoms with van der Waals surface area (Å²) >= 11 is 1.28. The van der Waals surface area contributed by atoms with Crippen molar-refractivity contribution in [2.45, 2.75) is 25.4 Å². The van der Waals surface area contributed by atoms with Gasteiger partial charge >= 0.3 is 5.97 Å². The maximum absolute atomic E-state index is 11.7. The van der Waals surface area contributed by atoms with Crippen LogP contribution < -0.4 is 5.32 Å². The van der Waals surface area contributed by atoms with Gasteiger partial charge in [0.25, 0.3) is 5.91 Å². The standard InChI is InChI=1S/C11H14N2O4S/c1-16-9(14)5-7-6-18-11(12-7)13-10(15)8-3-2-4-17-8/h6,8H,2-5H2,1H3,(H,12,13,15)/t8-/m0/s1. The number of thiazole rings is 1. The Labute approximate surface area is 108 Å². The maximum atomic E-state index is 11.7. The van der Waals surface area contributed by atoms with E-state index in [1.807, 2.05) is 0 Å². The molecule has 1 aliphatic rings. The second kappa shape index (κ2) is 5.92. The second-order valence-electron chi connectivity index (χ2n) is 3.89. The number of hydrogen-bond donors (Lipinski definition) is 1. The van der Waals surface area contributed by atoms with Crippen LogP contribution in [0.25, 0.3) is 0 Å².